The molecule has 1 rings (SSSR count). The summed E-state index contributed by atoms with van der Waals surface area (Å²) in [5.41, 5.74) is 2.22. The highest BCUT2D eigenvalue weighted by atomic mass is 16.5. The Kier molecular flexibility index (Phi) is 3.79. The normalized spacial score (nSPS) is 11.6. The molecule has 0 N–H and O–H groups in total. The van der Waals surface area contributed by atoms with Crippen LogP contribution in [-0.2, 0) is 0 Å². The molecule has 0 unspecified atom stereocenters. The van der Waals surface area contributed by atoms with E-state index in [1.165, 1.54) is 11.1 Å². The lowest BCUT2D eigenvalue weighted by Gasteiger charge is -2.21. The molecule has 1 aromatic carbocycles. The zero-order chi connectivity index (χ0) is 12.3. The van der Waals surface area contributed by atoms with Crippen molar-refractivity contribution in [3.63, 3.8) is 0 Å². The summed E-state index contributed by atoms with van der Waals surface area (Å²) in [6.07, 6.45) is 0. The van der Waals surface area contributed by atoms with Crippen molar-refractivity contribution >= 4 is 5.57 Å². The molecule has 88 valence electrons. The van der Waals surface area contributed by atoms with Crippen LogP contribution in [0, 0.1) is 5.92 Å². The molecule has 0 saturated carbocycles. The summed E-state index contributed by atoms with van der Waals surface area (Å²) in [6.45, 7) is 14.5. The summed E-state index contributed by atoms with van der Waals surface area (Å²) in [5, 5.41) is 0. The van der Waals surface area contributed by atoms with Gasteiger partial charge in [0.25, 0.3) is 0 Å². The van der Waals surface area contributed by atoms with Gasteiger partial charge in [-0.3, -0.25) is 0 Å². The maximum absolute atomic E-state index is 5.77. The zero-order valence-corrected chi connectivity index (χ0v) is 11.0. The van der Waals surface area contributed by atoms with Crippen molar-refractivity contribution in [2.45, 2.75) is 40.2 Å². The molecule has 0 amide bonds. The van der Waals surface area contributed by atoms with Gasteiger partial charge in [0.1, 0.15) is 11.4 Å². The van der Waals surface area contributed by atoms with Gasteiger partial charge in [-0.1, -0.05) is 32.6 Å². The van der Waals surface area contributed by atoms with Crippen LogP contribution < -0.4 is 4.74 Å². The number of allylic oxidation sites excluding steroid dienone is 1. The minimum atomic E-state index is -0.142. The van der Waals surface area contributed by atoms with E-state index in [2.05, 4.69) is 32.6 Å². The Balaban J connectivity index is 2.80. The van der Waals surface area contributed by atoms with Crippen LogP contribution in [0.1, 0.15) is 40.2 Å². The van der Waals surface area contributed by atoms with Crippen molar-refractivity contribution in [2.75, 3.05) is 0 Å². The summed E-state index contributed by atoms with van der Waals surface area (Å²) in [6, 6.07) is 8.16. The van der Waals surface area contributed by atoms with Gasteiger partial charge in [0, 0.05) is 0 Å². The number of ether oxygens (including phenoxy) is 1. The molecule has 0 bridgehead atoms. The van der Waals surface area contributed by atoms with E-state index >= 15 is 0 Å². The number of benzene rings is 1. The number of rotatable bonds is 3. The smallest absolute Gasteiger partial charge is 0.120 e. The summed E-state index contributed by atoms with van der Waals surface area (Å²) in [7, 11) is 0. The average Bonchev–Trinajstić information content (AvgIpc) is 2.15. The van der Waals surface area contributed by atoms with Crippen molar-refractivity contribution in [2.24, 2.45) is 5.92 Å². The molecule has 1 nitrogen and oxygen atoms in total. The Morgan fingerprint density at radius 2 is 1.62 bits per heavy atom. The topological polar surface area (TPSA) is 9.23 Å². The first-order valence-corrected chi connectivity index (χ1v) is 5.78. The number of hydrogen-bond donors (Lipinski definition) is 0. The Bertz CT molecular complexity index is 352. The monoisotopic (exact) mass is 218 g/mol. The molecule has 0 atom stereocenters. The Morgan fingerprint density at radius 3 is 2.00 bits per heavy atom. The summed E-state index contributed by atoms with van der Waals surface area (Å²) < 4.78 is 5.77. The quantitative estimate of drug-likeness (QED) is 0.724. The molecule has 1 heteroatoms. The molecule has 0 heterocycles. The summed E-state index contributed by atoms with van der Waals surface area (Å²) >= 11 is 0. The molecule has 0 aliphatic carbocycles. The zero-order valence-electron chi connectivity index (χ0n) is 11.0. The van der Waals surface area contributed by atoms with Gasteiger partial charge in [0.05, 0.1) is 0 Å². The van der Waals surface area contributed by atoms with Crippen molar-refractivity contribution in [1.82, 2.24) is 0 Å². The van der Waals surface area contributed by atoms with E-state index in [0.717, 1.165) is 5.75 Å². The maximum atomic E-state index is 5.77. The van der Waals surface area contributed by atoms with Gasteiger partial charge < -0.3 is 4.74 Å². The molecule has 0 fully saturated rings. The fourth-order valence-electron chi connectivity index (χ4n) is 1.42. The van der Waals surface area contributed by atoms with Crippen LogP contribution in [0.15, 0.2) is 30.8 Å². The van der Waals surface area contributed by atoms with Crippen molar-refractivity contribution in [1.29, 1.82) is 0 Å². The second-order valence-electron chi connectivity index (χ2n) is 5.42. The van der Waals surface area contributed by atoms with E-state index in [9.17, 15) is 0 Å². The Labute approximate surface area is 99.1 Å². The molecule has 1 aromatic rings. The lowest BCUT2D eigenvalue weighted by Crippen LogP contribution is -2.22. The van der Waals surface area contributed by atoms with Gasteiger partial charge in [-0.2, -0.15) is 0 Å². The van der Waals surface area contributed by atoms with Gasteiger partial charge >= 0.3 is 0 Å². The van der Waals surface area contributed by atoms with Crippen LogP contribution in [0.4, 0.5) is 0 Å². The van der Waals surface area contributed by atoms with Crippen molar-refractivity contribution in [3.8, 4) is 5.75 Å². The first-order valence-electron chi connectivity index (χ1n) is 5.78. The van der Waals surface area contributed by atoms with E-state index in [-0.39, 0.29) is 5.60 Å². The average molecular weight is 218 g/mol. The SMILES string of the molecule is C=C(c1ccc(OC(C)(C)C)cc1)C(C)C. The third-order valence-electron chi connectivity index (χ3n) is 2.35. The van der Waals surface area contributed by atoms with E-state index in [4.69, 9.17) is 4.74 Å². The van der Waals surface area contributed by atoms with Gasteiger partial charge in [0.15, 0.2) is 0 Å². The first kappa shape index (κ1) is 12.8. The maximum Gasteiger partial charge on any atom is 0.120 e. The largest absolute Gasteiger partial charge is 0.488 e. The van der Waals surface area contributed by atoms with Crippen molar-refractivity contribution < 1.29 is 4.74 Å². The first-order chi connectivity index (χ1) is 7.29. The highest BCUT2D eigenvalue weighted by Crippen LogP contribution is 2.24. The van der Waals surface area contributed by atoms with Crippen LogP contribution in [0.3, 0.4) is 0 Å². The third-order valence-corrected chi connectivity index (χ3v) is 2.35. The molecule has 0 radical (unpaired) electrons. The molecule has 0 spiro atoms. The third kappa shape index (κ3) is 3.73. The fraction of sp³-hybridized carbons (Fsp3) is 0.467. The molecule has 0 saturated heterocycles. The Morgan fingerprint density at radius 1 is 1.12 bits per heavy atom. The summed E-state index contributed by atoms with van der Waals surface area (Å²) in [4.78, 5) is 0. The molecule has 16 heavy (non-hydrogen) atoms. The second-order valence-corrected chi connectivity index (χ2v) is 5.42. The van der Waals surface area contributed by atoms with Crippen LogP contribution in [0.2, 0.25) is 0 Å². The van der Waals surface area contributed by atoms with E-state index < -0.39 is 0 Å². The van der Waals surface area contributed by atoms with Crippen LogP contribution in [0.25, 0.3) is 5.57 Å². The molecular weight excluding hydrogens is 196 g/mol. The molecular formula is C15H22O. The van der Waals surface area contributed by atoms with E-state index in [1.807, 2.05) is 32.9 Å². The Hall–Kier alpha value is -1.24. The van der Waals surface area contributed by atoms with Crippen LogP contribution >= 0.6 is 0 Å². The van der Waals surface area contributed by atoms with Gasteiger partial charge in [-0.05, 0) is 50.0 Å². The fourth-order valence-corrected chi connectivity index (χ4v) is 1.42. The summed E-state index contributed by atoms with van der Waals surface area (Å²) in [5.74, 6) is 1.39. The van der Waals surface area contributed by atoms with E-state index in [1.54, 1.807) is 0 Å². The van der Waals surface area contributed by atoms with Gasteiger partial charge in [-0.15, -0.1) is 0 Å². The number of hydrogen-bond acceptors (Lipinski definition) is 1. The molecule has 0 aliphatic heterocycles. The minimum Gasteiger partial charge on any atom is -0.488 e. The highest BCUT2D eigenvalue weighted by molar-refractivity contribution is 5.65. The minimum absolute atomic E-state index is 0.142. The standard InChI is InChI=1S/C15H22O/c1-11(2)12(3)13-7-9-14(10-8-13)16-15(4,5)6/h7-11H,3H2,1-2,4-6H3. The lowest BCUT2D eigenvalue weighted by molar-refractivity contribution is 0.131. The van der Waals surface area contributed by atoms with Crippen LogP contribution in [-0.4, -0.2) is 5.60 Å². The predicted molar refractivity (Wildman–Crippen MR) is 70.7 cm³/mol. The van der Waals surface area contributed by atoms with Gasteiger partial charge in [0.2, 0.25) is 0 Å². The predicted octanol–water partition coefficient (Wildman–Crippen LogP) is 4.53. The van der Waals surface area contributed by atoms with Gasteiger partial charge in [-0.25, -0.2) is 0 Å². The molecule has 0 aliphatic rings. The van der Waals surface area contributed by atoms with Crippen molar-refractivity contribution in [3.05, 3.63) is 36.4 Å². The second kappa shape index (κ2) is 4.73. The molecule has 0 aromatic heterocycles. The lowest BCUT2D eigenvalue weighted by atomic mass is 9.97. The van der Waals surface area contributed by atoms with E-state index in [0.29, 0.717) is 5.92 Å². The highest BCUT2D eigenvalue weighted by Gasteiger charge is 2.11. The van der Waals surface area contributed by atoms with Crippen LogP contribution in [0.5, 0.6) is 5.75 Å².